The van der Waals surface area contributed by atoms with Gasteiger partial charge in [-0.05, 0) is 25.1 Å². The van der Waals surface area contributed by atoms with E-state index in [9.17, 15) is 9.18 Å². The third kappa shape index (κ3) is 1.55. The van der Waals surface area contributed by atoms with Crippen LogP contribution >= 0.6 is 0 Å². The van der Waals surface area contributed by atoms with Crippen molar-refractivity contribution in [3.8, 4) is 0 Å². The molecule has 0 atom stereocenters. The van der Waals surface area contributed by atoms with Crippen LogP contribution in [0, 0.1) is 5.82 Å². The number of benzene rings is 1. The van der Waals surface area contributed by atoms with Crippen LogP contribution in [-0.2, 0) is 0 Å². The molecule has 0 fully saturated rings. The van der Waals surface area contributed by atoms with Crippen LogP contribution in [0.2, 0.25) is 0 Å². The van der Waals surface area contributed by atoms with Crippen molar-refractivity contribution < 1.29 is 9.18 Å². The second-order valence-corrected chi connectivity index (χ2v) is 2.29. The number of ketones is 1. The number of anilines is 1. The first-order valence-electron chi connectivity index (χ1n) is 3.17. The molecule has 0 aliphatic heterocycles. The van der Waals surface area contributed by atoms with Gasteiger partial charge >= 0.3 is 0 Å². The van der Waals surface area contributed by atoms with E-state index in [2.05, 4.69) is 0 Å². The van der Waals surface area contributed by atoms with Gasteiger partial charge < -0.3 is 5.73 Å². The molecule has 2 nitrogen and oxygen atoms in total. The Hall–Kier alpha value is -1.38. The lowest BCUT2D eigenvalue weighted by molar-refractivity contribution is 0.101. The normalized spacial score (nSPS) is 9.64. The lowest BCUT2D eigenvalue weighted by Crippen LogP contribution is -1.96. The van der Waals surface area contributed by atoms with Gasteiger partial charge in [0, 0.05) is 5.56 Å². The smallest absolute Gasteiger partial charge is 0.159 e. The fourth-order valence-electron chi connectivity index (χ4n) is 0.746. The minimum Gasteiger partial charge on any atom is -0.396 e. The third-order valence-corrected chi connectivity index (χ3v) is 1.41. The molecule has 0 aromatic heterocycles. The number of hydrogen-bond acceptors (Lipinski definition) is 2. The van der Waals surface area contributed by atoms with Gasteiger partial charge in [0.05, 0.1) is 5.69 Å². The predicted molar refractivity (Wildman–Crippen MR) is 40.8 cm³/mol. The van der Waals surface area contributed by atoms with Crippen molar-refractivity contribution in [3.05, 3.63) is 29.6 Å². The lowest BCUT2D eigenvalue weighted by Gasteiger charge is -1.97. The van der Waals surface area contributed by atoms with Crippen LogP contribution < -0.4 is 5.73 Å². The summed E-state index contributed by atoms with van der Waals surface area (Å²) in [5.41, 5.74) is 5.61. The number of Topliss-reactive ketones (excluding diaryl/α,β-unsaturated/α-hetero) is 1. The molecule has 0 saturated heterocycles. The largest absolute Gasteiger partial charge is 0.396 e. The Balaban J connectivity index is 3.15. The number of carbonyl (C=O) groups is 1. The van der Waals surface area contributed by atoms with E-state index in [4.69, 9.17) is 5.73 Å². The molecule has 1 rings (SSSR count). The molecule has 2 N–H and O–H groups in total. The molecular weight excluding hydrogens is 145 g/mol. The highest BCUT2D eigenvalue weighted by Crippen LogP contribution is 2.11. The maximum absolute atomic E-state index is 12.7. The molecule has 0 spiro atoms. The molecule has 0 aliphatic carbocycles. The summed E-state index contributed by atoms with van der Waals surface area (Å²) in [6.45, 7) is 1.38. The van der Waals surface area contributed by atoms with Crippen molar-refractivity contribution in [1.82, 2.24) is 0 Å². The Bertz CT molecular complexity index is 296. The number of halogens is 1. The van der Waals surface area contributed by atoms with E-state index >= 15 is 0 Å². The van der Waals surface area contributed by atoms with E-state index in [0.717, 1.165) is 6.07 Å². The van der Waals surface area contributed by atoms with Crippen molar-refractivity contribution in [1.29, 1.82) is 0 Å². The van der Waals surface area contributed by atoms with Gasteiger partial charge in [-0.1, -0.05) is 0 Å². The fraction of sp³-hybridized carbons (Fsp3) is 0.125. The average Bonchev–Trinajstić information content (AvgIpc) is 1.94. The SMILES string of the molecule is CC(=O)c1ccc(N)c(F)c1. The molecule has 0 radical (unpaired) electrons. The van der Waals surface area contributed by atoms with Gasteiger partial charge in [-0.3, -0.25) is 4.79 Å². The monoisotopic (exact) mass is 153 g/mol. The minimum atomic E-state index is -0.544. The van der Waals surface area contributed by atoms with Crippen LogP contribution in [0.5, 0.6) is 0 Å². The van der Waals surface area contributed by atoms with Crippen LogP contribution in [0.1, 0.15) is 17.3 Å². The zero-order valence-corrected chi connectivity index (χ0v) is 6.10. The van der Waals surface area contributed by atoms with E-state index in [1.165, 1.54) is 19.1 Å². The van der Waals surface area contributed by atoms with Gasteiger partial charge in [-0.2, -0.15) is 0 Å². The summed E-state index contributed by atoms with van der Waals surface area (Å²) in [7, 11) is 0. The van der Waals surface area contributed by atoms with E-state index in [-0.39, 0.29) is 11.5 Å². The third-order valence-electron chi connectivity index (χ3n) is 1.41. The fourth-order valence-corrected chi connectivity index (χ4v) is 0.746. The molecule has 0 aliphatic rings. The first kappa shape index (κ1) is 7.72. The van der Waals surface area contributed by atoms with Crippen molar-refractivity contribution >= 4 is 11.5 Å². The number of carbonyl (C=O) groups excluding carboxylic acids is 1. The second kappa shape index (κ2) is 2.70. The number of nitrogens with two attached hydrogens (primary N) is 1. The minimum absolute atomic E-state index is 0.0648. The Morgan fingerprint density at radius 2 is 2.18 bits per heavy atom. The standard InChI is InChI=1S/C8H8FNO/c1-5(11)6-2-3-8(10)7(9)4-6/h2-4H,10H2,1H3. The summed E-state index contributed by atoms with van der Waals surface area (Å²) in [5.74, 6) is -0.707. The number of rotatable bonds is 1. The topological polar surface area (TPSA) is 43.1 Å². The first-order chi connectivity index (χ1) is 5.11. The maximum atomic E-state index is 12.7. The molecule has 0 unspecified atom stereocenters. The predicted octanol–water partition coefficient (Wildman–Crippen LogP) is 1.61. The molecule has 3 heteroatoms. The highest BCUT2D eigenvalue weighted by atomic mass is 19.1. The Morgan fingerprint density at radius 1 is 1.55 bits per heavy atom. The molecule has 1 aromatic rings. The summed E-state index contributed by atoms with van der Waals surface area (Å²) in [4.78, 5) is 10.7. The quantitative estimate of drug-likeness (QED) is 0.492. The Morgan fingerprint density at radius 3 is 2.64 bits per heavy atom. The highest BCUT2D eigenvalue weighted by molar-refractivity contribution is 5.94. The van der Waals surface area contributed by atoms with Crippen LogP contribution in [0.3, 0.4) is 0 Å². The molecule has 0 saturated carbocycles. The zero-order chi connectivity index (χ0) is 8.43. The highest BCUT2D eigenvalue weighted by Gasteiger charge is 2.02. The first-order valence-corrected chi connectivity index (χ1v) is 3.17. The average molecular weight is 153 g/mol. The summed E-state index contributed by atoms with van der Waals surface area (Å²) in [6, 6.07) is 4.02. The summed E-state index contributed by atoms with van der Waals surface area (Å²) in [5, 5.41) is 0. The van der Waals surface area contributed by atoms with E-state index in [1.807, 2.05) is 0 Å². The van der Waals surface area contributed by atoms with E-state index < -0.39 is 5.82 Å². The molecule has 0 heterocycles. The number of nitrogen functional groups attached to an aromatic ring is 1. The van der Waals surface area contributed by atoms with Crippen molar-refractivity contribution in [2.75, 3.05) is 5.73 Å². The Kier molecular flexibility index (Phi) is 1.89. The maximum Gasteiger partial charge on any atom is 0.159 e. The van der Waals surface area contributed by atoms with Crippen LogP contribution in [0.25, 0.3) is 0 Å². The summed E-state index contributed by atoms with van der Waals surface area (Å²) >= 11 is 0. The van der Waals surface area contributed by atoms with Crippen molar-refractivity contribution in [2.45, 2.75) is 6.92 Å². The molecule has 1 aromatic carbocycles. The molecule has 11 heavy (non-hydrogen) atoms. The van der Waals surface area contributed by atoms with Crippen LogP contribution in [-0.4, -0.2) is 5.78 Å². The van der Waals surface area contributed by atoms with Gasteiger partial charge in [-0.25, -0.2) is 4.39 Å². The van der Waals surface area contributed by atoms with Crippen LogP contribution in [0.4, 0.5) is 10.1 Å². The lowest BCUT2D eigenvalue weighted by atomic mass is 10.1. The molecule has 0 bridgehead atoms. The summed E-state index contributed by atoms with van der Waals surface area (Å²) in [6.07, 6.45) is 0. The molecular formula is C8H8FNO. The van der Waals surface area contributed by atoms with Crippen molar-refractivity contribution in [2.24, 2.45) is 0 Å². The van der Waals surface area contributed by atoms with Gasteiger partial charge in [0.2, 0.25) is 0 Å². The molecule has 58 valence electrons. The summed E-state index contributed by atoms with van der Waals surface area (Å²) < 4.78 is 12.7. The second-order valence-electron chi connectivity index (χ2n) is 2.29. The van der Waals surface area contributed by atoms with Gasteiger partial charge in [0.25, 0.3) is 0 Å². The van der Waals surface area contributed by atoms with Gasteiger partial charge in [0.1, 0.15) is 5.82 Å². The van der Waals surface area contributed by atoms with Crippen LogP contribution in [0.15, 0.2) is 18.2 Å². The Labute approximate surface area is 63.8 Å². The van der Waals surface area contributed by atoms with E-state index in [0.29, 0.717) is 5.56 Å². The van der Waals surface area contributed by atoms with Crippen molar-refractivity contribution in [3.63, 3.8) is 0 Å². The van der Waals surface area contributed by atoms with E-state index in [1.54, 1.807) is 0 Å². The van der Waals surface area contributed by atoms with Gasteiger partial charge in [-0.15, -0.1) is 0 Å². The molecule has 0 amide bonds. The van der Waals surface area contributed by atoms with Gasteiger partial charge in [0.15, 0.2) is 5.78 Å². The zero-order valence-electron chi connectivity index (χ0n) is 6.10. The number of hydrogen-bond donors (Lipinski definition) is 1.